The minimum Gasteiger partial charge on any atom is -0.454 e. The van der Waals surface area contributed by atoms with Crippen molar-refractivity contribution in [3.63, 3.8) is 0 Å². The van der Waals surface area contributed by atoms with Crippen LogP contribution in [0.1, 0.15) is 46.2 Å². The van der Waals surface area contributed by atoms with Crippen LogP contribution in [0.2, 0.25) is 0 Å². The molecular formula is C21H20N2O7. The molecule has 0 radical (unpaired) electrons. The number of carbonyl (C=O) groups is 2. The molecule has 1 saturated carbocycles. The van der Waals surface area contributed by atoms with Crippen LogP contribution in [-0.4, -0.2) is 34.6 Å². The molecule has 1 aromatic carbocycles. The third-order valence-electron chi connectivity index (χ3n) is 5.16. The van der Waals surface area contributed by atoms with E-state index in [4.69, 9.17) is 14.2 Å². The van der Waals surface area contributed by atoms with Gasteiger partial charge < -0.3 is 18.8 Å². The number of ketones is 1. The van der Waals surface area contributed by atoms with Gasteiger partial charge in [0.05, 0.1) is 16.6 Å². The molecule has 0 atom stereocenters. The van der Waals surface area contributed by atoms with Gasteiger partial charge in [0, 0.05) is 29.1 Å². The second kappa shape index (κ2) is 7.66. The standard InChI is InChI=1S/C21H20N2O7/c1-12-7-16(13(2)22(12)15-4-5-15)18(24)10-28-21(25)6-3-14-8-19-20(30-11-29-19)9-17(14)23(26)27/h3,6-9,15H,4-5,10-11H2,1-2H3/b6-3+. The fraction of sp³-hybridized carbons (Fsp3) is 0.333. The number of benzene rings is 1. The molecule has 2 aromatic rings. The number of fused-ring (bicyclic) bond motifs is 1. The van der Waals surface area contributed by atoms with Crippen LogP contribution in [0.3, 0.4) is 0 Å². The van der Waals surface area contributed by atoms with E-state index >= 15 is 0 Å². The third kappa shape index (κ3) is 3.78. The molecule has 9 heteroatoms. The maximum Gasteiger partial charge on any atom is 0.331 e. The lowest BCUT2D eigenvalue weighted by atomic mass is 10.1. The van der Waals surface area contributed by atoms with Gasteiger partial charge in [0.25, 0.3) is 5.69 Å². The summed E-state index contributed by atoms with van der Waals surface area (Å²) < 4.78 is 17.5. The fourth-order valence-electron chi connectivity index (χ4n) is 3.61. The number of ether oxygens (including phenoxy) is 3. The predicted molar refractivity (Wildman–Crippen MR) is 106 cm³/mol. The van der Waals surface area contributed by atoms with Gasteiger partial charge >= 0.3 is 5.97 Å². The highest BCUT2D eigenvalue weighted by atomic mass is 16.7. The highest BCUT2D eigenvalue weighted by Crippen LogP contribution is 2.39. The van der Waals surface area contributed by atoms with Crippen LogP contribution in [0.25, 0.3) is 6.08 Å². The lowest BCUT2D eigenvalue weighted by Gasteiger charge is -2.07. The summed E-state index contributed by atoms with van der Waals surface area (Å²) in [5.74, 6) is -0.428. The first kappa shape index (κ1) is 19.7. The first-order chi connectivity index (χ1) is 14.3. The summed E-state index contributed by atoms with van der Waals surface area (Å²) >= 11 is 0. The Bertz CT molecular complexity index is 1080. The Hall–Kier alpha value is -3.62. The summed E-state index contributed by atoms with van der Waals surface area (Å²) in [7, 11) is 0. The summed E-state index contributed by atoms with van der Waals surface area (Å²) in [6.45, 7) is 3.42. The second-order valence-electron chi connectivity index (χ2n) is 7.27. The maximum absolute atomic E-state index is 12.5. The molecular weight excluding hydrogens is 392 g/mol. The number of hydrogen-bond acceptors (Lipinski definition) is 7. The zero-order chi connectivity index (χ0) is 21.4. The molecule has 1 aliphatic carbocycles. The Morgan fingerprint density at radius 2 is 1.93 bits per heavy atom. The summed E-state index contributed by atoms with van der Waals surface area (Å²) in [6, 6.07) is 4.93. The number of Topliss-reactive ketones (excluding diaryl/α,β-unsaturated/α-hetero) is 1. The van der Waals surface area contributed by atoms with Gasteiger partial charge in [-0.25, -0.2) is 4.79 Å². The van der Waals surface area contributed by atoms with Crippen molar-refractivity contribution < 1.29 is 28.7 Å². The molecule has 9 nitrogen and oxygen atoms in total. The van der Waals surface area contributed by atoms with Gasteiger partial charge in [-0.15, -0.1) is 0 Å². The number of hydrogen-bond donors (Lipinski definition) is 0. The summed E-state index contributed by atoms with van der Waals surface area (Å²) in [4.78, 5) is 35.2. The SMILES string of the molecule is Cc1cc(C(=O)COC(=O)/C=C/c2cc3c(cc2[N+](=O)[O-])OCO3)c(C)n1C1CC1. The Morgan fingerprint density at radius 1 is 1.23 bits per heavy atom. The van der Waals surface area contributed by atoms with Gasteiger partial charge in [-0.1, -0.05) is 0 Å². The van der Waals surface area contributed by atoms with Gasteiger partial charge in [0.15, 0.2) is 18.1 Å². The number of nitro groups is 1. The summed E-state index contributed by atoms with van der Waals surface area (Å²) in [5.41, 5.74) is 2.37. The average molecular weight is 412 g/mol. The molecule has 2 heterocycles. The molecule has 30 heavy (non-hydrogen) atoms. The molecule has 4 rings (SSSR count). The zero-order valence-corrected chi connectivity index (χ0v) is 16.5. The molecule has 1 aliphatic heterocycles. The van der Waals surface area contributed by atoms with Crippen LogP contribution in [0.5, 0.6) is 11.5 Å². The van der Waals surface area contributed by atoms with Crippen molar-refractivity contribution in [2.75, 3.05) is 13.4 Å². The smallest absolute Gasteiger partial charge is 0.331 e. The van der Waals surface area contributed by atoms with Gasteiger partial charge in [0.2, 0.25) is 12.6 Å². The van der Waals surface area contributed by atoms with Crippen molar-refractivity contribution in [1.29, 1.82) is 0 Å². The Morgan fingerprint density at radius 3 is 2.60 bits per heavy atom. The van der Waals surface area contributed by atoms with E-state index < -0.39 is 17.5 Å². The average Bonchev–Trinajstić information content (AvgIpc) is 3.35. The van der Waals surface area contributed by atoms with Crippen molar-refractivity contribution in [2.45, 2.75) is 32.7 Å². The maximum atomic E-state index is 12.5. The summed E-state index contributed by atoms with van der Waals surface area (Å²) in [6.07, 6.45) is 4.52. The van der Waals surface area contributed by atoms with Gasteiger partial charge in [0.1, 0.15) is 0 Å². The number of aryl methyl sites for hydroxylation is 1. The number of esters is 1. The van der Waals surface area contributed by atoms with Crippen LogP contribution in [-0.2, 0) is 9.53 Å². The molecule has 0 bridgehead atoms. The van der Waals surface area contributed by atoms with Crippen LogP contribution < -0.4 is 9.47 Å². The molecule has 0 N–H and O–H groups in total. The normalized spacial score (nSPS) is 14.9. The lowest BCUT2D eigenvalue weighted by molar-refractivity contribution is -0.385. The topological polar surface area (TPSA) is 110 Å². The number of carbonyl (C=O) groups excluding carboxylic acids is 2. The van der Waals surface area contributed by atoms with Crippen molar-refractivity contribution in [1.82, 2.24) is 4.57 Å². The Balaban J connectivity index is 1.42. The quantitative estimate of drug-likeness (QED) is 0.225. The molecule has 1 aromatic heterocycles. The van der Waals surface area contributed by atoms with Crippen LogP contribution in [0, 0.1) is 24.0 Å². The minimum atomic E-state index is -0.772. The minimum absolute atomic E-state index is 0.0226. The molecule has 1 fully saturated rings. The molecule has 2 aliphatic rings. The van der Waals surface area contributed by atoms with Crippen LogP contribution >= 0.6 is 0 Å². The first-order valence-electron chi connectivity index (χ1n) is 9.49. The zero-order valence-electron chi connectivity index (χ0n) is 16.5. The van der Waals surface area contributed by atoms with Crippen molar-refractivity contribution in [2.24, 2.45) is 0 Å². The monoisotopic (exact) mass is 412 g/mol. The van der Waals surface area contributed by atoms with E-state index in [9.17, 15) is 19.7 Å². The number of nitrogens with zero attached hydrogens (tertiary/aromatic N) is 2. The number of nitro benzene ring substituents is 1. The van der Waals surface area contributed by atoms with E-state index in [0.29, 0.717) is 17.4 Å². The molecule has 156 valence electrons. The van der Waals surface area contributed by atoms with Gasteiger partial charge in [-0.05, 0) is 44.9 Å². The van der Waals surface area contributed by atoms with E-state index in [-0.39, 0.29) is 29.6 Å². The second-order valence-corrected chi connectivity index (χ2v) is 7.27. The lowest BCUT2D eigenvalue weighted by Crippen LogP contribution is -2.13. The highest BCUT2D eigenvalue weighted by molar-refractivity contribution is 6.00. The Kier molecular flexibility index (Phi) is 5.03. The number of aromatic nitrogens is 1. The third-order valence-corrected chi connectivity index (χ3v) is 5.16. The largest absolute Gasteiger partial charge is 0.454 e. The predicted octanol–water partition coefficient (Wildman–Crippen LogP) is 3.52. The molecule has 0 amide bonds. The van der Waals surface area contributed by atoms with Crippen molar-refractivity contribution in [3.8, 4) is 11.5 Å². The number of rotatable bonds is 7. The van der Waals surface area contributed by atoms with E-state index in [1.165, 1.54) is 18.2 Å². The van der Waals surface area contributed by atoms with Gasteiger partial charge in [-0.3, -0.25) is 14.9 Å². The molecule has 0 unspecified atom stereocenters. The van der Waals surface area contributed by atoms with Crippen molar-refractivity contribution >= 4 is 23.5 Å². The van der Waals surface area contributed by atoms with Crippen molar-refractivity contribution in [3.05, 3.63) is 56.9 Å². The van der Waals surface area contributed by atoms with E-state index in [1.807, 2.05) is 19.9 Å². The highest BCUT2D eigenvalue weighted by Gasteiger charge is 2.28. The van der Waals surface area contributed by atoms with E-state index in [1.54, 1.807) is 0 Å². The molecule has 0 spiro atoms. The van der Waals surface area contributed by atoms with E-state index in [2.05, 4.69) is 4.57 Å². The Labute approximate surface area is 172 Å². The molecule has 0 saturated heterocycles. The van der Waals surface area contributed by atoms with Gasteiger partial charge in [-0.2, -0.15) is 0 Å². The van der Waals surface area contributed by atoms with Crippen LogP contribution in [0.4, 0.5) is 5.69 Å². The van der Waals surface area contributed by atoms with Crippen LogP contribution in [0.15, 0.2) is 24.3 Å². The first-order valence-corrected chi connectivity index (χ1v) is 9.49. The summed E-state index contributed by atoms with van der Waals surface area (Å²) in [5, 5.41) is 11.3. The fourth-order valence-corrected chi connectivity index (χ4v) is 3.61. The van der Waals surface area contributed by atoms with E-state index in [0.717, 1.165) is 30.3 Å².